The average Bonchev–Trinajstić information content (AvgIpc) is 2.81. The predicted molar refractivity (Wildman–Crippen MR) is 86.5 cm³/mol. The SMILES string of the molecule is CCC(C)C1CSC(=Nc2ccc(C#N)cc2C)N1C. The number of benzene rings is 1. The molecule has 1 aliphatic heterocycles. The third kappa shape index (κ3) is 2.99. The molecule has 2 atom stereocenters. The summed E-state index contributed by atoms with van der Waals surface area (Å²) in [6, 6.07) is 8.40. The highest BCUT2D eigenvalue weighted by Crippen LogP contribution is 2.31. The van der Waals surface area contributed by atoms with Crippen LogP contribution in [0, 0.1) is 24.2 Å². The zero-order valence-electron chi connectivity index (χ0n) is 12.6. The van der Waals surface area contributed by atoms with E-state index in [2.05, 4.69) is 31.9 Å². The van der Waals surface area contributed by atoms with Crippen molar-refractivity contribution < 1.29 is 0 Å². The summed E-state index contributed by atoms with van der Waals surface area (Å²) < 4.78 is 0. The van der Waals surface area contributed by atoms with Crippen molar-refractivity contribution in [2.45, 2.75) is 33.2 Å². The average molecular weight is 287 g/mol. The Kier molecular flexibility index (Phi) is 4.72. The maximum absolute atomic E-state index is 8.90. The van der Waals surface area contributed by atoms with Gasteiger partial charge in [-0.1, -0.05) is 32.0 Å². The lowest BCUT2D eigenvalue weighted by Crippen LogP contribution is -2.34. The second-order valence-corrected chi connectivity index (χ2v) is 6.37. The van der Waals surface area contributed by atoms with Crippen LogP contribution in [0.4, 0.5) is 5.69 Å². The minimum atomic E-state index is 0.572. The summed E-state index contributed by atoms with van der Waals surface area (Å²) in [5.74, 6) is 1.79. The Labute approximate surface area is 125 Å². The number of aliphatic imine (C=N–C) groups is 1. The molecule has 0 spiro atoms. The van der Waals surface area contributed by atoms with E-state index in [4.69, 9.17) is 10.3 Å². The number of amidine groups is 1. The van der Waals surface area contributed by atoms with Gasteiger partial charge in [-0.25, -0.2) is 4.99 Å². The van der Waals surface area contributed by atoms with Gasteiger partial charge in [0.1, 0.15) is 0 Å². The van der Waals surface area contributed by atoms with Crippen LogP contribution in [0.25, 0.3) is 0 Å². The van der Waals surface area contributed by atoms with Crippen LogP contribution in [0.15, 0.2) is 23.2 Å². The summed E-state index contributed by atoms with van der Waals surface area (Å²) in [5.41, 5.74) is 2.71. The van der Waals surface area contributed by atoms with Gasteiger partial charge in [-0.15, -0.1) is 0 Å². The van der Waals surface area contributed by atoms with Crippen LogP contribution < -0.4 is 0 Å². The summed E-state index contributed by atoms with van der Waals surface area (Å²) >= 11 is 1.83. The van der Waals surface area contributed by atoms with Crippen LogP contribution in [-0.4, -0.2) is 28.9 Å². The van der Waals surface area contributed by atoms with Crippen molar-refractivity contribution >= 4 is 22.6 Å². The number of nitrogens with zero attached hydrogens (tertiary/aromatic N) is 3. The van der Waals surface area contributed by atoms with E-state index in [1.165, 1.54) is 6.42 Å². The third-order valence-electron chi connectivity index (χ3n) is 4.03. The number of thioether (sulfide) groups is 1. The molecule has 1 aromatic carbocycles. The van der Waals surface area contributed by atoms with Crippen molar-refractivity contribution in [3.05, 3.63) is 29.3 Å². The highest BCUT2D eigenvalue weighted by Gasteiger charge is 2.30. The molecule has 0 aromatic heterocycles. The second-order valence-electron chi connectivity index (χ2n) is 5.38. The highest BCUT2D eigenvalue weighted by molar-refractivity contribution is 8.14. The fraction of sp³-hybridized carbons (Fsp3) is 0.500. The fourth-order valence-corrected chi connectivity index (χ4v) is 3.77. The lowest BCUT2D eigenvalue weighted by molar-refractivity contribution is 0.304. The summed E-state index contributed by atoms with van der Waals surface area (Å²) in [4.78, 5) is 7.08. The van der Waals surface area contributed by atoms with Crippen LogP contribution in [0.5, 0.6) is 0 Å². The molecule has 1 heterocycles. The molecular weight excluding hydrogens is 266 g/mol. The largest absolute Gasteiger partial charge is 0.350 e. The fourth-order valence-electron chi connectivity index (χ4n) is 2.40. The quantitative estimate of drug-likeness (QED) is 0.845. The molecule has 106 valence electrons. The standard InChI is InChI=1S/C16H21N3S/c1-5-11(2)15-10-20-16(19(15)4)18-14-7-6-13(9-17)8-12(14)3/h6-8,11,15H,5,10H2,1-4H3. The summed E-state index contributed by atoms with van der Waals surface area (Å²) in [5, 5.41) is 9.99. The van der Waals surface area contributed by atoms with Gasteiger partial charge in [-0.05, 0) is 36.6 Å². The van der Waals surface area contributed by atoms with Crippen molar-refractivity contribution in [3.63, 3.8) is 0 Å². The van der Waals surface area contributed by atoms with E-state index in [-0.39, 0.29) is 0 Å². The molecule has 3 nitrogen and oxygen atoms in total. The molecule has 20 heavy (non-hydrogen) atoms. The summed E-state index contributed by atoms with van der Waals surface area (Å²) in [7, 11) is 2.13. The normalized spacial score (nSPS) is 22.1. The molecule has 0 radical (unpaired) electrons. The van der Waals surface area contributed by atoms with Gasteiger partial charge in [0, 0.05) is 18.8 Å². The van der Waals surface area contributed by atoms with Crippen molar-refractivity contribution in [1.29, 1.82) is 5.26 Å². The zero-order valence-corrected chi connectivity index (χ0v) is 13.4. The van der Waals surface area contributed by atoms with Gasteiger partial charge in [0.15, 0.2) is 5.17 Å². The van der Waals surface area contributed by atoms with Gasteiger partial charge in [0.25, 0.3) is 0 Å². The molecule has 0 aliphatic carbocycles. The predicted octanol–water partition coefficient (Wildman–Crippen LogP) is 3.95. The Morgan fingerprint density at radius 2 is 2.30 bits per heavy atom. The van der Waals surface area contributed by atoms with Crippen molar-refractivity contribution in [1.82, 2.24) is 4.90 Å². The first kappa shape index (κ1) is 14.9. The van der Waals surface area contributed by atoms with E-state index in [9.17, 15) is 0 Å². The summed E-state index contributed by atoms with van der Waals surface area (Å²) in [6.07, 6.45) is 1.19. The molecule has 2 rings (SSSR count). The molecule has 0 N–H and O–H groups in total. The first-order chi connectivity index (χ1) is 9.56. The van der Waals surface area contributed by atoms with Crippen LogP contribution in [0.3, 0.4) is 0 Å². The molecule has 0 saturated carbocycles. The number of aryl methyl sites for hydroxylation is 1. The number of hydrogen-bond acceptors (Lipinski definition) is 3. The molecule has 4 heteroatoms. The smallest absolute Gasteiger partial charge is 0.164 e. The Bertz CT molecular complexity index is 559. The maximum atomic E-state index is 8.90. The Balaban J connectivity index is 2.22. The zero-order chi connectivity index (χ0) is 14.7. The molecule has 2 unspecified atom stereocenters. The van der Waals surface area contributed by atoms with Gasteiger partial charge in [-0.2, -0.15) is 5.26 Å². The number of rotatable bonds is 3. The van der Waals surface area contributed by atoms with Crippen molar-refractivity contribution in [3.8, 4) is 6.07 Å². The maximum Gasteiger partial charge on any atom is 0.164 e. The van der Waals surface area contributed by atoms with Gasteiger partial charge in [0.2, 0.25) is 0 Å². The third-order valence-corrected chi connectivity index (χ3v) is 5.17. The second kappa shape index (κ2) is 6.32. The van der Waals surface area contributed by atoms with Crippen LogP contribution in [0.1, 0.15) is 31.4 Å². The van der Waals surface area contributed by atoms with E-state index in [1.807, 2.05) is 36.9 Å². The van der Waals surface area contributed by atoms with Crippen LogP contribution in [0.2, 0.25) is 0 Å². The molecule has 1 fully saturated rings. The Morgan fingerprint density at radius 3 is 2.90 bits per heavy atom. The first-order valence-electron chi connectivity index (χ1n) is 7.01. The highest BCUT2D eigenvalue weighted by atomic mass is 32.2. The van der Waals surface area contributed by atoms with Crippen LogP contribution in [-0.2, 0) is 0 Å². The molecule has 0 bridgehead atoms. The number of hydrogen-bond donors (Lipinski definition) is 0. The van der Waals surface area contributed by atoms with Gasteiger partial charge < -0.3 is 4.90 Å². The lowest BCUT2D eigenvalue weighted by Gasteiger charge is -2.25. The topological polar surface area (TPSA) is 39.4 Å². The van der Waals surface area contributed by atoms with Crippen molar-refractivity contribution in [2.75, 3.05) is 12.8 Å². The molecule has 0 amide bonds. The van der Waals surface area contributed by atoms with Crippen LogP contribution >= 0.6 is 11.8 Å². The van der Waals surface area contributed by atoms with Gasteiger partial charge >= 0.3 is 0 Å². The van der Waals surface area contributed by atoms with E-state index >= 15 is 0 Å². The minimum Gasteiger partial charge on any atom is -0.350 e. The Morgan fingerprint density at radius 1 is 1.55 bits per heavy atom. The minimum absolute atomic E-state index is 0.572. The molecular formula is C16H21N3S. The monoisotopic (exact) mass is 287 g/mol. The first-order valence-corrected chi connectivity index (χ1v) is 8.00. The Hall–Kier alpha value is -1.47. The lowest BCUT2D eigenvalue weighted by atomic mass is 10.0. The molecule has 1 aromatic rings. The van der Waals surface area contributed by atoms with E-state index < -0.39 is 0 Å². The van der Waals surface area contributed by atoms with E-state index in [1.54, 1.807) is 0 Å². The number of nitriles is 1. The summed E-state index contributed by atoms with van der Waals surface area (Å²) in [6.45, 7) is 6.55. The molecule has 1 saturated heterocycles. The van der Waals surface area contributed by atoms with Gasteiger partial charge in [0.05, 0.1) is 17.3 Å². The van der Waals surface area contributed by atoms with E-state index in [0.717, 1.165) is 22.2 Å². The molecule has 1 aliphatic rings. The van der Waals surface area contributed by atoms with E-state index in [0.29, 0.717) is 17.5 Å². The van der Waals surface area contributed by atoms with Gasteiger partial charge in [-0.3, -0.25) is 0 Å². The van der Waals surface area contributed by atoms with Crippen molar-refractivity contribution in [2.24, 2.45) is 10.9 Å².